The van der Waals surface area contributed by atoms with Crippen LogP contribution in [0, 0.1) is 13.8 Å². The number of carbonyl (C=O) groups is 2. The number of carbonyl (C=O) groups excluding carboxylic acids is 2. The number of esters is 1. The maximum atomic E-state index is 12.2. The highest BCUT2D eigenvalue weighted by atomic mass is 79.9. The van der Waals surface area contributed by atoms with Gasteiger partial charge in [-0.25, -0.2) is 0 Å². The van der Waals surface area contributed by atoms with Gasteiger partial charge in [0, 0.05) is 11.5 Å². The SMILES string of the molecule is Cc1nn(C)c(C)c1NC(=O)[C@H](C)OC(=O)Cc1ccc(Br)cc1. The smallest absolute Gasteiger partial charge is 0.311 e. The van der Waals surface area contributed by atoms with Crippen molar-refractivity contribution >= 4 is 33.5 Å². The minimum absolute atomic E-state index is 0.121. The van der Waals surface area contributed by atoms with Gasteiger partial charge in [-0.15, -0.1) is 0 Å². The summed E-state index contributed by atoms with van der Waals surface area (Å²) in [5, 5.41) is 7.01. The molecule has 1 aromatic heterocycles. The monoisotopic (exact) mass is 393 g/mol. The second kappa shape index (κ2) is 7.61. The molecule has 6 nitrogen and oxygen atoms in total. The molecule has 24 heavy (non-hydrogen) atoms. The molecule has 0 spiro atoms. The fraction of sp³-hybridized carbons (Fsp3) is 0.353. The summed E-state index contributed by atoms with van der Waals surface area (Å²) in [6.45, 7) is 5.22. The fourth-order valence-corrected chi connectivity index (χ4v) is 2.50. The highest BCUT2D eigenvalue weighted by Crippen LogP contribution is 2.19. The summed E-state index contributed by atoms with van der Waals surface area (Å²) in [7, 11) is 1.81. The number of rotatable bonds is 5. The zero-order chi connectivity index (χ0) is 17.9. The second-order valence-electron chi connectivity index (χ2n) is 5.59. The van der Waals surface area contributed by atoms with Gasteiger partial charge in [0.2, 0.25) is 0 Å². The lowest BCUT2D eigenvalue weighted by molar-refractivity contribution is -0.152. The van der Waals surface area contributed by atoms with Crippen LogP contribution in [0.4, 0.5) is 5.69 Å². The number of aryl methyl sites for hydroxylation is 2. The zero-order valence-electron chi connectivity index (χ0n) is 14.1. The predicted octanol–water partition coefficient (Wildman–Crippen LogP) is 2.91. The quantitative estimate of drug-likeness (QED) is 0.792. The van der Waals surface area contributed by atoms with Crippen LogP contribution in [0.5, 0.6) is 0 Å². The number of anilines is 1. The van der Waals surface area contributed by atoms with E-state index >= 15 is 0 Å². The molecule has 0 saturated carbocycles. The van der Waals surface area contributed by atoms with Gasteiger partial charge in [0.25, 0.3) is 5.91 Å². The van der Waals surface area contributed by atoms with Gasteiger partial charge in [-0.1, -0.05) is 28.1 Å². The molecular weight excluding hydrogens is 374 g/mol. The van der Waals surface area contributed by atoms with Gasteiger partial charge < -0.3 is 10.1 Å². The van der Waals surface area contributed by atoms with Gasteiger partial charge in [0.15, 0.2) is 6.10 Å². The summed E-state index contributed by atoms with van der Waals surface area (Å²) in [6.07, 6.45) is -0.762. The molecule has 1 heterocycles. The Morgan fingerprint density at radius 2 is 1.92 bits per heavy atom. The van der Waals surface area contributed by atoms with Gasteiger partial charge in [-0.2, -0.15) is 5.10 Å². The fourth-order valence-electron chi connectivity index (χ4n) is 2.24. The van der Waals surface area contributed by atoms with Crippen molar-refractivity contribution in [3.8, 4) is 0 Å². The summed E-state index contributed by atoms with van der Waals surface area (Å²) in [5.41, 5.74) is 3.04. The van der Waals surface area contributed by atoms with Crippen LogP contribution < -0.4 is 5.32 Å². The molecule has 7 heteroatoms. The third kappa shape index (κ3) is 4.44. The molecule has 0 unspecified atom stereocenters. The van der Waals surface area contributed by atoms with Crippen molar-refractivity contribution in [1.29, 1.82) is 0 Å². The van der Waals surface area contributed by atoms with E-state index in [0.717, 1.165) is 21.4 Å². The minimum atomic E-state index is -0.882. The topological polar surface area (TPSA) is 73.2 Å². The first kappa shape index (κ1) is 18.2. The molecule has 0 radical (unpaired) electrons. The lowest BCUT2D eigenvalue weighted by Crippen LogP contribution is -2.30. The third-order valence-corrected chi connectivity index (χ3v) is 4.23. The maximum absolute atomic E-state index is 12.2. The summed E-state index contributed by atoms with van der Waals surface area (Å²) >= 11 is 3.34. The lowest BCUT2D eigenvalue weighted by atomic mass is 10.1. The van der Waals surface area contributed by atoms with E-state index in [2.05, 4.69) is 26.3 Å². The van der Waals surface area contributed by atoms with Gasteiger partial charge in [-0.05, 0) is 38.5 Å². The minimum Gasteiger partial charge on any atom is -0.452 e. The van der Waals surface area contributed by atoms with E-state index in [1.54, 1.807) is 18.7 Å². The number of amides is 1. The molecule has 1 atom stereocenters. The molecule has 0 bridgehead atoms. The number of hydrogen-bond donors (Lipinski definition) is 1. The number of benzene rings is 1. The average Bonchev–Trinajstić information content (AvgIpc) is 2.75. The number of hydrogen-bond acceptors (Lipinski definition) is 4. The van der Waals surface area contributed by atoms with Crippen molar-refractivity contribution in [2.24, 2.45) is 7.05 Å². The molecule has 2 aromatic rings. The van der Waals surface area contributed by atoms with E-state index in [1.807, 2.05) is 38.1 Å². The Balaban J connectivity index is 1.93. The van der Waals surface area contributed by atoms with E-state index in [1.165, 1.54) is 0 Å². The van der Waals surface area contributed by atoms with Crippen molar-refractivity contribution in [2.75, 3.05) is 5.32 Å². The number of aromatic nitrogens is 2. The Morgan fingerprint density at radius 3 is 2.46 bits per heavy atom. The molecule has 1 aromatic carbocycles. The summed E-state index contributed by atoms with van der Waals surface area (Å²) in [6, 6.07) is 7.37. The zero-order valence-corrected chi connectivity index (χ0v) is 15.7. The van der Waals surface area contributed by atoms with Gasteiger partial charge in [-0.3, -0.25) is 14.3 Å². The number of nitrogens with one attached hydrogen (secondary N) is 1. The highest BCUT2D eigenvalue weighted by molar-refractivity contribution is 9.10. The van der Waals surface area contributed by atoms with Crippen LogP contribution in [-0.2, 0) is 27.8 Å². The maximum Gasteiger partial charge on any atom is 0.311 e. The Labute approximate surface area is 149 Å². The van der Waals surface area contributed by atoms with E-state index in [-0.39, 0.29) is 12.3 Å². The Morgan fingerprint density at radius 1 is 1.29 bits per heavy atom. The number of halogens is 1. The molecule has 2 rings (SSSR count). The molecular formula is C17H20BrN3O3. The normalized spacial score (nSPS) is 11.9. The van der Waals surface area contributed by atoms with Crippen molar-refractivity contribution in [1.82, 2.24) is 9.78 Å². The molecule has 0 aliphatic rings. The predicted molar refractivity (Wildman–Crippen MR) is 94.7 cm³/mol. The van der Waals surface area contributed by atoms with Crippen molar-refractivity contribution in [2.45, 2.75) is 33.3 Å². The van der Waals surface area contributed by atoms with Crippen LogP contribution >= 0.6 is 15.9 Å². The van der Waals surface area contributed by atoms with E-state index in [0.29, 0.717) is 5.69 Å². The Bertz CT molecular complexity index is 753. The Hall–Kier alpha value is -2.15. The first-order chi connectivity index (χ1) is 11.3. The summed E-state index contributed by atoms with van der Waals surface area (Å²) in [4.78, 5) is 24.2. The molecule has 1 N–H and O–H groups in total. The van der Waals surface area contributed by atoms with E-state index in [9.17, 15) is 9.59 Å². The first-order valence-corrected chi connectivity index (χ1v) is 8.32. The molecule has 0 aliphatic heterocycles. The molecule has 1 amide bonds. The standard InChI is InChI=1S/C17H20BrN3O3/c1-10-16(11(2)21(4)20-10)19-17(23)12(3)24-15(22)9-13-5-7-14(18)8-6-13/h5-8,12H,9H2,1-4H3,(H,19,23)/t12-/m0/s1. The number of ether oxygens (including phenoxy) is 1. The molecule has 0 saturated heterocycles. The van der Waals surface area contributed by atoms with Gasteiger partial charge in [0.05, 0.1) is 23.5 Å². The van der Waals surface area contributed by atoms with Gasteiger partial charge >= 0.3 is 5.97 Å². The van der Waals surface area contributed by atoms with Crippen LogP contribution in [0.2, 0.25) is 0 Å². The third-order valence-electron chi connectivity index (χ3n) is 3.70. The van der Waals surface area contributed by atoms with Crippen LogP contribution in [0.1, 0.15) is 23.9 Å². The van der Waals surface area contributed by atoms with Crippen LogP contribution in [0.15, 0.2) is 28.7 Å². The van der Waals surface area contributed by atoms with E-state index < -0.39 is 12.1 Å². The van der Waals surface area contributed by atoms with Crippen molar-refractivity contribution < 1.29 is 14.3 Å². The van der Waals surface area contributed by atoms with Crippen LogP contribution in [0.25, 0.3) is 0 Å². The summed E-state index contributed by atoms with van der Waals surface area (Å²) < 4.78 is 7.84. The Kier molecular flexibility index (Phi) is 5.77. The second-order valence-corrected chi connectivity index (χ2v) is 6.51. The summed E-state index contributed by atoms with van der Waals surface area (Å²) in [5.74, 6) is -0.821. The van der Waals surface area contributed by atoms with Crippen molar-refractivity contribution in [3.05, 3.63) is 45.7 Å². The largest absolute Gasteiger partial charge is 0.452 e. The van der Waals surface area contributed by atoms with E-state index in [4.69, 9.17) is 4.74 Å². The first-order valence-electron chi connectivity index (χ1n) is 7.53. The highest BCUT2D eigenvalue weighted by Gasteiger charge is 2.21. The molecule has 0 aliphatic carbocycles. The van der Waals surface area contributed by atoms with Gasteiger partial charge in [0.1, 0.15) is 0 Å². The molecule has 0 fully saturated rings. The lowest BCUT2D eigenvalue weighted by Gasteiger charge is -2.14. The van der Waals surface area contributed by atoms with Crippen LogP contribution in [-0.4, -0.2) is 27.8 Å². The van der Waals surface area contributed by atoms with Crippen molar-refractivity contribution in [3.63, 3.8) is 0 Å². The van der Waals surface area contributed by atoms with Crippen LogP contribution in [0.3, 0.4) is 0 Å². The number of nitrogens with zero attached hydrogens (tertiary/aromatic N) is 2. The molecule has 128 valence electrons. The average molecular weight is 394 g/mol.